The van der Waals surface area contributed by atoms with Crippen molar-refractivity contribution >= 4 is 30.2 Å². The van der Waals surface area contributed by atoms with Gasteiger partial charge in [0.1, 0.15) is 17.2 Å². The third-order valence-corrected chi connectivity index (χ3v) is 26.3. The monoisotopic (exact) mass is 728 g/mol. The molecular weight excluding hydrogens is 665 g/mol. The summed E-state index contributed by atoms with van der Waals surface area (Å²) in [5, 5.41) is 0. The molecule has 50 heavy (non-hydrogen) atoms. The van der Waals surface area contributed by atoms with E-state index in [0.29, 0.717) is 17.9 Å². The largest absolute Gasteiger partial charge is 0.494 e. The van der Waals surface area contributed by atoms with Gasteiger partial charge in [0.05, 0.1) is 18.3 Å². The van der Waals surface area contributed by atoms with E-state index in [1.165, 1.54) is 44.6 Å². The number of carbonyl (C=O) groups excluding carboxylic acids is 1. The fourth-order valence-corrected chi connectivity index (χ4v) is 32.7. The molecule has 272 valence electrons. The van der Waals surface area contributed by atoms with Crippen LogP contribution in [0, 0.1) is 11.8 Å². The van der Waals surface area contributed by atoms with Crippen LogP contribution in [0.5, 0.6) is 17.2 Å². The first-order valence-electron chi connectivity index (χ1n) is 19.0. The van der Waals surface area contributed by atoms with E-state index in [1.807, 2.05) is 48.5 Å². The molecule has 0 aliphatic carbocycles. The van der Waals surface area contributed by atoms with Gasteiger partial charge in [0, 0.05) is 35.3 Å². The zero-order valence-corrected chi connectivity index (χ0v) is 35.6. The Hall–Kier alpha value is -3.06. The summed E-state index contributed by atoms with van der Waals surface area (Å²) in [6.45, 7) is 23.1. The van der Waals surface area contributed by atoms with E-state index in [9.17, 15) is 4.79 Å². The molecule has 1 atom stereocenters. The van der Waals surface area contributed by atoms with Gasteiger partial charge in [-0.05, 0) is 99.0 Å². The third-order valence-electron chi connectivity index (χ3n) is 8.89. The zero-order valence-electron chi connectivity index (χ0n) is 32.6. The molecule has 0 heterocycles. The van der Waals surface area contributed by atoms with Crippen molar-refractivity contribution in [3.63, 3.8) is 0 Å². The number of esters is 1. The first-order valence-corrected chi connectivity index (χ1v) is 29.5. The van der Waals surface area contributed by atoms with Crippen molar-refractivity contribution in [1.82, 2.24) is 0 Å². The lowest BCUT2D eigenvalue weighted by Gasteiger charge is -2.36. The van der Waals surface area contributed by atoms with E-state index in [0.717, 1.165) is 35.5 Å². The van der Waals surface area contributed by atoms with Crippen molar-refractivity contribution in [2.45, 2.75) is 135 Å². The van der Waals surface area contributed by atoms with E-state index in [1.54, 1.807) is 35.6 Å². The summed E-state index contributed by atoms with van der Waals surface area (Å²) in [5.74, 6) is 8.15. The lowest BCUT2D eigenvalue weighted by molar-refractivity contribution is 0.0734. The van der Waals surface area contributed by atoms with Crippen molar-refractivity contribution in [2.24, 2.45) is 0 Å². The molecule has 0 unspecified atom stereocenters. The molecule has 3 rings (SSSR count). The highest BCUT2D eigenvalue weighted by Gasteiger charge is 2.34. The topological polar surface area (TPSA) is 44.8 Å². The average molecular weight is 729 g/mol. The maximum Gasteiger partial charge on any atom is 0.343 e. The van der Waals surface area contributed by atoms with Crippen molar-refractivity contribution in [2.75, 3.05) is 6.61 Å². The Labute approximate surface area is 307 Å². The van der Waals surface area contributed by atoms with Gasteiger partial charge in [0.2, 0.25) is 0 Å². The second-order valence-electron chi connectivity index (χ2n) is 16.9. The highest BCUT2D eigenvalue weighted by Crippen LogP contribution is 2.31. The second-order valence-corrected chi connectivity index (χ2v) is 34.0. The number of carbonyl (C=O) groups is 1. The van der Waals surface area contributed by atoms with Crippen LogP contribution in [0.25, 0.3) is 0 Å². The molecule has 0 aromatic heterocycles. The molecule has 3 aromatic rings. The van der Waals surface area contributed by atoms with Gasteiger partial charge in [-0.1, -0.05) is 114 Å². The van der Waals surface area contributed by atoms with E-state index < -0.39 is 30.2 Å². The Balaban J connectivity index is 1.37. The van der Waals surface area contributed by atoms with Crippen molar-refractivity contribution < 1.29 is 19.0 Å². The number of ether oxygens (including phenoxy) is 3. The molecule has 0 N–H and O–H groups in total. The van der Waals surface area contributed by atoms with Crippen molar-refractivity contribution in [1.29, 1.82) is 0 Å². The maximum atomic E-state index is 12.8. The summed E-state index contributed by atoms with van der Waals surface area (Å²) in [6, 6.07) is 23.9. The maximum absolute atomic E-state index is 12.8. The Kier molecular flexibility index (Phi) is 16.6. The van der Waals surface area contributed by atoms with Crippen LogP contribution in [-0.2, 0) is 0 Å². The molecule has 0 amide bonds. The van der Waals surface area contributed by atoms with Crippen molar-refractivity contribution in [3.8, 4) is 29.1 Å². The minimum absolute atomic E-state index is 0.208. The smallest absolute Gasteiger partial charge is 0.343 e. The lowest BCUT2D eigenvalue weighted by atomic mass is 10.1. The van der Waals surface area contributed by atoms with Gasteiger partial charge >= 0.3 is 5.97 Å². The fraction of sp³-hybridized carbons (Fsp3) is 0.512. The van der Waals surface area contributed by atoms with Crippen molar-refractivity contribution in [3.05, 3.63) is 89.5 Å². The quantitative estimate of drug-likeness (QED) is 0.0382. The van der Waals surface area contributed by atoms with Gasteiger partial charge in [-0.3, -0.25) is 0 Å². The SMILES string of the molecule is CCCCCC[C@H](C)Oc1ccc(C#Cc2ccc(C(=O)Oc3ccc(OCCCCC[Si](C)(C)C[Si](C)(C)C[Si](C)(C)C)cc3)cc2)cc1. The lowest BCUT2D eigenvalue weighted by Crippen LogP contribution is -2.44. The number of rotatable bonds is 20. The molecule has 0 bridgehead atoms. The van der Waals surface area contributed by atoms with Crippen LogP contribution in [0.2, 0.25) is 63.2 Å². The minimum atomic E-state index is -1.14. The summed E-state index contributed by atoms with van der Waals surface area (Å²) < 4.78 is 17.7. The molecule has 0 saturated heterocycles. The zero-order chi connectivity index (χ0) is 36.6. The van der Waals surface area contributed by atoms with E-state index in [4.69, 9.17) is 14.2 Å². The van der Waals surface area contributed by atoms with E-state index in [-0.39, 0.29) is 6.10 Å². The standard InChI is InChI=1S/C43H64O4Si3/c1-10-11-12-14-17-36(2)46-41-26-22-38(23-27-41)19-18-37-20-24-39(25-21-37)43(44)47-42-30-28-40(29-31-42)45-32-15-13-16-33-49(6,7)35-50(8,9)34-48(3,4)5/h20-31,36H,10-17,32-35H2,1-9H3/t36-/m0/s1. The highest BCUT2D eigenvalue weighted by molar-refractivity contribution is 7.02. The number of unbranched alkanes of at least 4 members (excludes halogenated alkanes) is 5. The molecule has 0 spiro atoms. The molecular formula is C43H64O4Si3. The van der Waals surface area contributed by atoms with E-state index >= 15 is 0 Å². The first-order chi connectivity index (χ1) is 23.6. The number of hydrogen-bond acceptors (Lipinski definition) is 4. The third kappa shape index (κ3) is 16.8. The normalized spacial score (nSPS) is 12.5. The Bertz CT molecular complexity index is 1500. The van der Waals surface area contributed by atoms with Crippen LogP contribution in [-0.4, -0.2) is 42.9 Å². The van der Waals surface area contributed by atoms with Crippen LogP contribution < -0.4 is 14.2 Å². The van der Waals surface area contributed by atoms with Crippen LogP contribution >= 0.6 is 0 Å². The summed E-state index contributed by atoms with van der Waals surface area (Å²) in [4.78, 5) is 12.8. The Morgan fingerprint density at radius 1 is 0.640 bits per heavy atom. The first kappa shape index (κ1) is 41.4. The molecule has 0 radical (unpaired) electrons. The van der Waals surface area contributed by atoms with Gasteiger partial charge < -0.3 is 14.2 Å². The summed E-state index contributed by atoms with van der Waals surface area (Å²) in [7, 11) is -3.22. The molecule has 4 nitrogen and oxygen atoms in total. The molecule has 0 aliphatic rings. The molecule has 3 aromatic carbocycles. The van der Waals surface area contributed by atoms with E-state index in [2.05, 4.69) is 71.5 Å². The van der Waals surface area contributed by atoms with Crippen LogP contribution in [0.15, 0.2) is 72.8 Å². The number of benzene rings is 3. The molecule has 0 aliphatic heterocycles. The van der Waals surface area contributed by atoms with Gasteiger partial charge in [0.25, 0.3) is 0 Å². The number of hydrogen-bond donors (Lipinski definition) is 0. The second kappa shape index (κ2) is 20.1. The molecule has 0 saturated carbocycles. The predicted molar refractivity (Wildman–Crippen MR) is 221 cm³/mol. The van der Waals surface area contributed by atoms with Gasteiger partial charge in [-0.2, -0.15) is 0 Å². The van der Waals surface area contributed by atoms with Gasteiger partial charge in [0.15, 0.2) is 0 Å². The summed E-state index contributed by atoms with van der Waals surface area (Å²) >= 11 is 0. The minimum Gasteiger partial charge on any atom is -0.494 e. The summed E-state index contributed by atoms with van der Waals surface area (Å²) in [6.07, 6.45) is 9.89. The van der Waals surface area contributed by atoms with Gasteiger partial charge in [-0.15, -0.1) is 0 Å². The molecule has 0 fully saturated rings. The highest BCUT2D eigenvalue weighted by atomic mass is 28.4. The molecule has 7 heteroatoms. The fourth-order valence-electron chi connectivity index (χ4n) is 7.32. The van der Waals surface area contributed by atoms with Gasteiger partial charge in [-0.25, -0.2) is 4.79 Å². The summed E-state index contributed by atoms with van der Waals surface area (Å²) in [5.41, 5.74) is 5.34. The predicted octanol–water partition coefficient (Wildman–Crippen LogP) is 12.4. The van der Waals surface area contributed by atoms with Crippen LogP contribution in [0.3, 0.4) is 0 Å². The Morgan fingerprint density at radius 3 is 1.80 bits per heavy atom. The Morgan fingerprint density at radius 2 is 1.20 bits per heavy atom. The average Bonchev–Trinajstić information content (AvgIpc) is 3.03. The van der Waals surface area contributed by atoms with Crippen LogP contribution in [0.1, 0.15) is 86.7 Å². The van der Waals surface area contributed by atoms with Crippen LogP contribution in [0.4, 0.5) is 0 Å².